The number of carbonyl (C=O) groups excluding carboxylic acids is 1. The van der Waals surface area contributed by atoms with Crippen molar-refractivity contribution < 1.29 is 23.8 Å². The molecule has 1 aliphatic rings. The lowest BCUT2D eigenvalue weighted by Gasteiger charge is -2.18. The van der Waals surface area contributed by atoms with Gasteiger partial charge in [-0.05, 0) is 38.0 Å². The van der Waals surface area contributed by atoms with Crippen molar-refractivity contribution in [1.29, 1.82) is 0 Å². The van der Waals surface area contributed by atoms with E-state index in [9.17, 15) is 14.0 Å². The van der Waals surface area contributed by atoms with Gasteiger partial charge >= 0.3 is 5.97 Å². The van der Waals surface area contributed by atoms with Crippen molar-refractivity contribution in [3.8, 4) is 0 Å². The lowest BCUT2D eigenvalue weighted by Crippen LogP contribution is -2.32. The van der Waals surface area contributed by atoms with Gasteiger partial charge in [-0.3, -0.25) is 4.79 Å². The molecule has 5 nitrogen and oxygen atoms in total. The number of ether oxygens (including phenoxy) is 1. The number of hydrogen-bond donors (Lipinski definition) is 2. The highest BCUT2D eigenvalue weighted by Gasteiger charge is 2.41. The third-order valence-electron chi connectivity index (χ3n) is 4.01. The second-order valence-corrected chi connectivity index (χ2v) is 5.42. The Kier molecular flexibility index (Phi) is 4.27. The zero-order chi connectivity index (χ0) is 15.7. The number of halogens is 1. The number of nitrogens with one attached hydrogen (secondary N) is 1. The number of carbonyl (C=O) groups is 2. The summed E-state index contributed by atoms with van der Waals surface area (Å²) in [6.45, 7) is 5.68. The summed E-state index contributed by atoms with van der Waals surface area (Å²) < 4.78 is 19.2. The molecule has 0 bridgehead atoms. The molecule has 1 fully saturated rings. The van der Waals surface area contributed by atoms with Gasteiger partial charge in [0, 0.05) is 5.69 Å². The fourth-order valence-corrected chi connectivity index (χ4v) is 2.71. The van der Waals surface area contributed by atoms with Gasteiger partial charge in [-0.1, -0.05) is 6.92 Å². The standard InChI is InChI=1S/C15H18FNO4/c1-7-8(2)21-9(3)13(7)14(18)17-10-4-5-11(15(19)20)12(16)6-10/h4-9,13H,1-3H3,(H,17,18)(H,19,20). The Morgan fingerprint density at radius 3 is 2.38 bits per heavy atom. The molecule has 6 heteroatoms. The van der Waals surface area contributed by atoms with E-state index in [0.29, 0.717) is 0 Å². The minimum absolute atomic E-state index is 0.0122. The first kappa shape index (κ1) is 15.4. The van der Waals surface area contributed by atoms with Gasteiger partial charge in [0.2, 0.25) is 5.91 Å². The van der Waals surface area contributed by atoms with Crippen molar-refractivity contribution in [2.75, 3.05) is 5.32 Å². The molecule has 1 aromatic rings. The van der Waals surface area contributed by atoms with Crippen molar-refractivity contribution in [2.45, 2.75) is 33.0 Å². The summed E-state index contributed by atoms with van der Waals surface area (Å²) in [5.41, 5.74) is -0.186. The quantitative estimate of drug-likeness (QED) is 0.898. The molecular weight excluding hydrogens is 277 g/mol. The molecule has 4 unspecified atom stereocenters. The van der Waals surface area contributed by atoms with E-state index >= 15 is 0 Å². The average molecular weight is 295 g/mol. The number of rotatable bonds is 3. The number of carboxylic acids is 1. The average Bonchev–Trinajstić information content (AvgIpc) is 2.62. The normalized spacial score (nSPS) is 28.4. The van der Waals surface area contributed by atoms with E-state index in [-0.39, 0.29) is 35.6 Å². The second kappa shape index (κ2) is 5.81. The van der Waals surface area contributed by atoms with Crippen LogP contribution in [0.5, 0.6) is 0 Å². The van der Waals surface area contributed by atoms with Gasteiger partial charge in [0.15, 0.2) is 0 Å². The first-order chi connectivity index (χ1) is 9.81. The summed E-state index contributed by atoms with van der Waals surface area (Å²) in [6, 6.07) is 3.52. The van der Waals surface area contributed by atoms with E-state index < -0.39 is 17.3 Å². The largest absolute Gasteiger partial charge is 0.478 e. The second-order valence-electron chi connectivity index (χ2n) is 5.42. The van der Waals surface area contributed by atoms with Gasteiger partial charge in [-0.2, -0.15) is 0 Å². The highest BCUT2D eigenvalue weighted by Crippen LogP contribution is 2.33. The summed E-state index contributed by atoms with van der Waals surface area (Å²) in [7, 11) is 0. The molecule has 2 rings (SSSR count). The topological polar surface area (TPSA) is 75.6 Å². The number of benzene rings is 1. The molecule has 0 radical (unpaired) electrons. The maximum Gasteiger partial charge on any atom is 0.338 e. The highest BCUT2D eigenvalue weighted by atomic mass is 19.1. The van der Waals surface area contributed by atoms with Crippen LogP contribution in [0.25, 0.3) is 0 Å². The Labute approximate surface area is 122 Å². The van der Waals surface area contributed by atoms with E-state index in [2.05, 4.69) is 5.32 Å². The molecule has 1 aromatic carbocycles. The Morgan fingerprint density at radius 2 is 1.90 bits per heavy atom. The monoisotopic (exact) mass is 295 g/mol. The van der Waals surface area contributed by atoms with Crippen LogP contribution in [-0.4, -0.2) is 29.2 Å². The predicted octanol–water partition coefficient (Wildman–Crippen LogP) is 2.52. The third kappa shape index (κ3) is 3.05. The number of carboxylic acid groups (broad SMARTS) is 1. The Balaban J connectivity index is 2.13. The smallest absolute Gasteiger partial charge is 0.338 e. The van der Waals surface area contributed by atoms with E-state index in [1.807, 2.05) is 20.8 Å². The van der Waals surface area contributed by atoms with Crippen LogP contribution >= 0.6 is 0 Å². The molecule has 1 aliphatic heterocycles. The lowest BCUT2D eigenvalue weighted by atomic mass is 9.89. The van der Waals surface area contributed by atoms with Gasteiger partial charge in [0.05, 0.1) is 23.7 Å². The number of anilines is 1. The number of aromatic carboxylic acids is 1. The fourth-order valence-electron chi connectivity index (χ4n) is 2.71. The first-order valence-corrected chi connectivity index (χ1v) is 6.80. The van der Waals surface area contributed by atoms with Gasteiger partial charge in [-0.15, -0.1) is 0 Å². The van der Waals surface area contributed by atoms with E-state index in [1.165, 1.54) is 6.07 Å². The minimum atomic E-state index is -1.34. The van der Waals surface area contributed by atoms with Gasteiger partial charge in [0.1, 0.15) is 5.82 Å². The van der Waals surface area contributed by atoms with E-state index in [0.717, 1.165) is 12.1 Å². The Hall–Kier alpha value is -1.95. The fraction of sp³-hybridized carbons (Fsp3) is 0.467. The molecule has 1 saturated heterocycles. The summed E-state index contributed by atoms with van der Waals surface area (Å²) >= 11 is 0. The summed E-state index contributed by atoms with van der Waals surface area (Å²) in [6.07, 6.45) is -0.222. The van der Waals surface area contributed by atoms with Crippen molar-refractivity contribution in [3.63, 3.8) is 0 Å². The molecule has 0 spiro atoms. The Bertz CT molecular complexity index is 575. The van der Waals surface area contributed by atoms with Crippen LogP contribution in [0.3, 0.4) is 0 Å². The van der Waals surface area contributed by atoms with Crippen LogP contribution < -0.4 is 5.32 Å². The molecule has 0 aliphatic carbocycles. The Morgan fingerprint density at radius 1 is 1.24 bits per heavy atom. The molecule has 4 atom stereocenters. The van der Waals surface area contributed by atoms with Gasteiger partial charge in [-0.25, -0.2) is 9.18 Å². The summed E-state index contributed by atoms with van der Waals surface area (Å²) in [4.78, 5) is 23.0. The first-order valence-electron chi connectivity index (χ1n) is 6.80. The summed E-state index contributed by atoms with van der Waals surface area (Å²) in [5.74, 6) is -2.73. The molecule has 1 heterocycles. The molecule has 114 valence electrons. The van der Waals surface area contributed by atoms with Gasteiger partial charge < -0.3 is 15.2 Å². The SMILES string of the molecule is CC1OC(C)C(C(=O)Nc2ccc(C(=O)O)c(F)c2)C1C. The van der Waals surface area contributed by atoms with Crippen LogP contribution in [0, 0.1) is 17.7 Å². The maximum absolute atomic E-state index is 13.6. The zero-order valence-corrected chi connectivity index (χ0v) is 12.1. The van der Waals surface area contributed by atoms with Crippen molar-refractivity contribution in [1.82, 2.24) is 0 Å². The lowest BCUT2D eigenvalue weighted by molar-refractivity contribution is -0.121. The predicted molar refractivity (Wildman–Crippen MR) is 74.7 cm³/mol. The van der Waals surface area contributed by atoms with Crippen molar-refractivity contribution >= 4 is 17.6 Å². The molecule has 1 amide bonds. The van der Waals surface area contributed by atoms with E-state index in [4.69, 9.17) is 9.84 Å². The third-order valence-corrected chi connectivity index (χ3v) is 4.01. The number of hydrogen-bond acceptors (Lipinski definition) is 3. The van der Waals surface area contributed by atoms with Crippen molar-refractivity contribution in [3.05, 3.63) is 29.6 Å². The molecule has 2 N–H and O–H groups in total. The summed E-state index contributed by atoms with van der Waals surface area (Å²) in [5, 5.41) is 11.4. The number of amides is 1. The molecule has 0 aromatic heterocycles. The van der Waals surface area contributed by atoms with Crippen LogP contribution in [0.4, 0.5) is 10.1 Å². The minimum Gasteiger partial charge on any atom is -0.478 e. The van der Waals surface area contributed by atoms with Gasteiger partial charge in [0.25, 0.3) is 0 Å². The van der Waals surface area contributed by atoms with Crippen molar-refractivity contribution in [2.24, 2.45) is 11.8 Å². The van der Waals surface area contributed by atoms with Crippen LogP contribution in [0.2, 0.25) is 0 Å². The highest BCUT2D eigenvalue weighted by molar-refractivity contribution is 5.94. The molecule has 0 saturated carbocycles. The zero-order valence-electron chi connectivity index (χ0n) is 12.1. The maximum atomic E-state index is 13.6. The van der Waals surface area contributed by atoms with Crippen LogP contribution in [-0.2, 0) is 9.53 Å². The molecular formula is C15H18FNO4. The van der Waals surface area contributed by atoms with Crippen LogP contribution in [0.15, 0.2) is 18.2 Å². The molecule has 21 heavy (non-hydrogen) atoms. The van der Waals surface area contributed by atoms with Crippen LogP contribution in [0.1, 0.15) is 31.1 Å². The van der Waals surface area contributed by atoms with E-state index in [1.54, 1.807) is 0 Å².